The van der Waals surface area contributed by atoms with Crippen molar-refractivity contribution < 1.29 is 14.6 Å². The summed E-state index contributed by atoms with van der Waals surface area (Å²) in [7, 11) is 0. The highest BCUT2D eigenvalue weighted by molar-refractivity contribution is 6.20. The van der Waals surface area contributed by atoms with Gasteiger partial charge in [-0.25, -0.2) is 4.99 Å². The summed E-state index contributed by atoms with van der Waals surface area (Å²) in [4.78, 5) is 24.8. The third-order valence-electron chi connectivity index (χ3n) is 7.05. The maximum atomic E-state index is 12.3. The van der Waals surface area contributed by atoms with Crippen LogP contribution in [0.5, 0.6) is 0 Å². The van der Waals surface area contributed by atoms with Crippen LogP contribution in [0.25, 0.3) is 32.9 Å². The fourth-order valence-electron chi connectivity index (χ4n) is 5.03. The lowest BCUT2D eigenvalue weighted by Gasteiger charge is -2.17. The number of primary amides is 1. The Morgan fingerprint density at radius 1 is 1.11 bits per heavy atom. The van der Waals surface area contributed by atoms with E-state index in [2.05, 4.69) is 9.97 Å². The number of aliphatic imine (C=N–C) groups is 1. The van der Waals surface area contributed by atoms with Crippen molar-refractivity contribution in [3.63, 3.8) is 0 Å². The molecule has 2 aromatic heterocycles. The van der Waals surface area contributed by atoms with Gasteiger partial charge in [0.2, 0.25) is 5.90 Å². The van der Waals surface area contributed by atoms with E-state index in [9.17, 15) is 9.90 Å². The number of carbonyl (C=O) groups is 1. The largest absolute Gasteiger partial charge is 0.472 e. The monoisotopic (exact) mass is 490 g/mol. The van der Waals surface area contributed by atoms with Crippen LogP contribution in [0.15, 0.2) is 72.0 Å². The molecule has 0 fully saturated rings. The lowest BCUT2D eigenvalue weighted by molar-refractivity contribution is 0.0787. The van der Waals surface area contributed by atoms with E-state index in [1.807, 2.05) is 55.5 Å². The van der Waals surface area contributed by atoms with Gasteiger partial charge in [0.25, 0.3) is 5.91 Å². The second-order valence-electron chi connectivity index (χ2n) is 9.91. The first kappa shape index (κ1) is 22.9. The Hall–Kier alpha value is -4.49. The third-order valence-corrected chi connectivity index (χ3v) is 7.05. The predicted molar refractivity (Wildman–Crippen MR) is 145 cm³/mol. The van der Waals surface area contributed by atoms with Crippen molar-refractivity contribution >= 4 is 39.3 Å². The lowest BCUT2D eigenvalue weighted by Crippen LogP contribution is -2.14. The second-order valence-corrected chi connectivity index (χ2v) is 9.91. The number of aromatic nitrogens is 2. The van der Waals surface area contributed by atoms with Crippen LogP contribution in [-0.4, -0.2) is 26.9 Å². The molecule has 1 amide bonds. The fourth-order valence-corrected chi connectivity index (χ4v) is 5.03. The molecular weight excluding hydrogens is 464 g/mol. The Balaban J connectivity index is 1.57. The number of nitrogens with two attached hydrogens (primary N) is 1. The number of H-pyrrole nitrogens is 1. The number of fused-ring (bicyclic) bond motifs is 4. The van der Waals surface area contributed by atoms with Crippen molar-refractivity contribution in [1.29, 1.82) is 0 Å². The van der Waals surface area contributed by atoms with Gasteiger partial charge >= 0.3 is 0 Å². The molecule has 0 saturated carbocycles. The number of hydrogen-bond acceptors (Lipinski definition) is 5. The smallest absolute Gasteiger partial charge is 0.250 e. The highest BCUT2D eigenvalue weighted by Crippen LogP contribution is 2.40. The molecule has 5 aromatic rings. The molecule has 0 saturated heterocycles. The minimum Gasteiger partial charge on any atom is -0.472 e. The Bertz CT molecular complexity index is 1760. The van der Waals surface area contributed by atoms with Gasteiger partial charge in [-0.05, 0) is 67.3 Å². The van der Waals surface area contributed by atoms with E-state index in [1.54, 1.807) is 32.3 Å². The van der Waals surface area contributed by atoms with Gasteiger partial charge in [0, 0.05) is 34.2 Å². The third kappa shape index (κ3) is 3.75. The zero-order valence-electron chi connectivity index (χ0n) is 20.8. The standard InChI is InChI=1S/C30H26N4O3/c1-16-19(5-4-6-24(16)34-29-23-14-32-12-11-17(23)15-37-29)20-9-10-22(28(31)35)27-26(20)21-8-7-18(30(2,3)36)13-25(21)33-27/h4-14,33,36H,15H2,1-3H3,(H2,31,35). The van der Waals surface area contributed by atoms with Crippen molar-refractivity contribution in [2.24, 2.45) is 10.7 Å². The summed E-state index contributed by atoms with van der Waals surface area (Å²) in [5.41, 5.74) is 13.1. The molecule has 0 bridgehead atoms. The summed E-state index contributed by atoms with van der Waals surface area (Å²) >= 11 is 0. The number of nitrogens with one attached hydrogen (secondary N) is 1. The summed E-state index contributed by atoms with van der Waals surface area (Å²) in [6.45, 7) is 6.00. The Morgan fingerprint density at radius 2 is 1.95 bits per heavy atom. The zero-order chi connectivity index (χ0) is 25.9. The minimum atomic E-state index is -0.999. The average Bonchev–Trinajstić information content (AvgIpc) is 3.45. The summed E-state index contributed by atoms with van der Waals surface area (Å²) < 4.78 is 5.86. The van der Waals surface area contributed by atoms with Crippen molar-refractivity contribution in [2.45, 2.75) is 33.0 Å². The van der Waals surface area contributed by atoms with Crippen LogP contribution in [0.3, 0.4) is 0 Å². The molecule has 0 radical (unpaired) electrons. The predicted octanol–water partition coefficient (Wildman–Crippen LogP) is 5.63. The first-order valence-electron chi connectivity index (χ1n) is 12.1. The van der Waals surface area contributed by atoms with Gasteiger partial charge in [-0.1, -0.05) is 30.3 Å². The molecule has 6 rings (SSSR count). The van der Waals surface area contributed by atoms with E-state index in [0.29, 0.717) is 23.6 Å². The van der Waals surface area contributed by atoms with Crippen LogP contribution in [0, 0.1) is 6.92 Å². The van der Waals surface area contributed by atoms with Crippen LogP contribution >= 0.6 is 0 Å². The first-order chi connectivity index (χ1) is 17.7. The summed E-state index contributed by atoms with van der Waals surface area (Å²) in [6, 6.07) is 17.4. The normalized spacial score (nSPS) is 14.3. The first-order valence-corrected chi connectivity index (χ1v) is 12.1. The number of pyridine rings is 1. The summed E-state index contributed by atoms with van der Waals surface area (Å²) in [5, 5.41) is 12.4. The molecule has 0 atom stereocenters. The van der Waals surface area contributed by atoms with Gasteiger partial charge in [0.15, 0.2) is 0 Å². The molecule has 184 valence electrons. The fraction of sp³-hybridized carbons (Fsp3) is 0.167. The molecule has 3 heterocycles. The number of carbonyl (C=O) groups excluding carboxylic acids is 1. The number of rotatable bonds is 4. The molecular formula is C30H26N4O3. The highest BCUT2D eigenvalue weighted by atomic mass is 16.5. The maximum absolute atomic E-state index is 12.3. The van der Waals surface area contributed by atoms with Gasteiger partial charge in [0.1, 0.15) is 6.61 Å². The molecule has 3 aromatic carbocycles. The van der Waals surface area contributed by atoms with Gasteiger partial charge in [0.05, 0.1) is 27.9 Å². The number of amides is 1. The summed E-state index contributed by atoms with van der Waals surface area (Å²) in [5.74, 6) is 0.0529. The minimum absolute atomic E-state index is 0.414. The number of aliphatic hydroxyl groups is 1. The quantitative estimate of drug-likeness (QED) is 0.303. The van der Waals surface area contributed by atoms with E-state index in [0.717, 1.165) is 55.4 Å². The molecule has 37 heavy (non-hydrogen) atoms. The number of nitrogens with zero attached hydrogens (tertiary/aromatic N) is 2. The SMILES string of the molecule is Cc1c(N=C2OCc3ccncc32)cccc1-c1ccc(C(N)=O)c2[nH]c3cc(C(C)(C)O)ccc3c12. The molecule has 1 aliphatic heterocycles. The van der Waals surface area contributed by atoms with Crippen molar-refractivity contribution in [3.05, 3.63) is 94.8 Å². The highest BCUT2D eigenvalue weighted by Gasteiger charge is 2.22. The van der Waals surface area contributed by atoms with Gasteiger partial charge in [-0.2, -0.15) is 0 Å². The van der Waals surface area contributed by atoms with E-state index in [1.165, 1.54) is 0 Å². The molecule has 0 spiro atoms. The van der Waals surface area contributed by atoms with Crippen LogP contribution < -0.4 is 5.73 Å². The Kier molecular flexibility index (Phi) is 5.14. The summed E-state index contributed by atoms with van der Waals surface area (Å²) in [6.07, 6.45) is 3.53. The number of benzene rings is 3. The van der Waals surface area contributed by atoms with E-state index in [4.69, 9.17) is 15.5 Å². The number of aromatic amines is 1. The second kappa shape index (κ2) is 8.28. The van der Waals surface area contributed by atoms with Gasteiger partial charge in [-0.3, -0.25) is 9.78 Å². The Labute approximate surface area is 213 Å². The van der Waals surface area contributed by atoms with Crippen LogP contribution in [-0.2, 0) is 16.9 Å². The van der Waals surface area contributed by atoms with E-state index in [-0.39, 0.29) is 0 Å². The average molecular weight is 491 g/mol. The molecule has 1 aliphatic rings. The topological polar surface area (TPSA) is 114 Å². The van der Waals surface area contributed by atoms with Crippen molar-refractivity contribution in [3.8, 4) is 11.1 Å². The number of hydrogen-bond donors (Lipinski definition) is 3. The van der Waals surface area contributed by atoms with Crippen LogP contribution in [0.4, 0.5) is 5.69 Å². The van der Waals surface area contributed by atoms with Crippen molar-refractivity contribution in [2.75, 3.05) is 0 Å². The van der Waals surface area contributed by atoms with Crippen LogP contribution in [0.1, 0.15) is 46.5 Å². The Morgan fingerprint density at radius 3 is 2.73 bits per heavy atom. The molecule has 7 nitrogen and oxygen atoms in total. The van der Waals surface area contributed by atoms with E-state index >= 15 is 0 Å². The van der Waals surface area contributed by atoms with Crippen LogP contribution in [0.2, 0.25) is 0 Å². The molecule has 7 heteroatoms. The van der Waals surface area contributed by atoms with E-state index < -0.39 is 11.5 Å². The maximum Gasteiger partial charge on any atom is 0.250 e. The lowest BCUT2D eigenvalue weighted by atomic mass is 9.92. The van der Waals surface area contributed by atoms with Crippen molar-refractivity contribution in [1.82, 2.24) is 9.97 Å². The molecule has 4 N–H and O–H groups in total. The molecule has 0 aliphatic carbocycles. The number of ether oxygens (including phenoxy) is 1. The van der Waals surface area contributed by atoms with Gasteiger partial charge < -0.3 is 20.6 Å². The zero-order valence-corrected chi connectivity index (χ0v) is 20.8. The molecule has 0 unspecified atom stereocenters. The van der Waals surface area contributed by atoms with Gasteiger partial charge in [-0.15, -0.1) is 0 Å².